The Balaban J connectivity index is 1.81. The minimum absolute atomic E-state index is 0.221. The topological polar surface area (TPSA) is 45.6 Å². The molecule has 0 bridgehead atoms. The first-order valence-electron chi connectivity index (χ1n) is 7.21. The third-order valence-electron chi connectivity index (χ3n) is 4.35. The fourth-order valence-electron chi connectivity index (χ4n) is 3.32. The maximum Gasteiger partial charge on any atom is 0.128 e. The number of hydrogen-bond acceptors (Lipinski definition) is 4. The summed E-state index contributed by atoms with van der Waals surface area (Å²) in [7, 11) is 0. The van der Waals surface area contributed by atoms with E-state index in [9.17, 15) is 5.11 Å². The molecule has 0 aliphatic carbocycles. The van der Waals surface area contributed by atoms with E-state index in [0.29, 0.717) is 19.3 Å². The number of aliphatic hydroxyl groups is 1. The number of aromatic nitrogens is 1. The number of aliphatic hydroxyl groups excluding tert-OH is 1. The van der Waals surface area contributed by atoms with Crippen LogP contribution in [0.2, 0.25) is 0 Å². The van der Waals surface area contributed by atoms with Crippen molar-refractivity contribution in [2.45, 2.75) is 38.3 Å². The Labute approximate surface area is 114 Å². The largest absolute Gasteiger partial charge is 0.393 e. The Morgan fingerprint density at radius 3 is 3.11 bits per heavy atom. The summed E-state index contributed by atoms with van der Waals surface area (Å²) in [5.41, 5.74) is 1.23. The number of anilines is 1. The van der Waals surface area contributed by atoms with Crippen molar-refractivity contribution in [3.63, 3.8) is 0 Å². The van der Waals surface area contributed by atoms with Crippen LogP contribution in [0.5, 0.6) is 0 Å². The SMILES string of the molecule is Cc1ccnc(N2CCC[C@@H]2[C@H]2COCC[C@H]2O)c1. The standard InChI is InChI=1S/C15H22N2O2/c1-11-4-6-16-15(9-11)17-7-2-3-13(17)12-10-19-8-5-14(12)18/h4,6,9,12-14,18H,2-3,5,7-8,10H2,1H3/t12-,13-,14-/m1/s1. The van der Waals surface area contributed by atoms with Crippen molar-refractivity contribution in [1.82, 2.24) is 4.98 Å². The van der Waals surface area contributed by atoms with Crippen LogP contribution >= 0.6 is 0 Å². The van der Waals surface area contributed by atoms with Crippen LogP contribution in [0, 0.1) is 12.8 Å². The third kappa shape index (κ3) is 2.60. The minimum Gasteiger partial charge on any atom is -0.393 e. The molecule has 0 unspecified atom stereocenters. The summed E-state index contributed by atoms with van der Waals surface area (Å²) in [5.74, 6) is 1.26. The number of aryl methyl sites for hydroxylation is 1. The predicted octanol–water partition coefficient (Wildman–Crippen LogP) is 1.76. The van der Waals surface area contributed by atoms with Gasteiger partial charge in [-0.1, -0.05) is 0 Å². The molecule has 3 atom stereocenters. The van der Waals surface area contributed by atoms with Gasteiger partial charge in [-0.2, -0.15) is 0 Å². The lowest BCUT2D eigenvalue weighted by atomic mass is 9.89. The Bertz CT molecular complexity index is 438. The highest BCUT2D eigenvalue weighted by atomic mass is 16.5. The fourth-order valence-corrected chi connectivity index (χ4v) is 3.32. The van der Waals surface area contributed by atoms with E-state index in [1.807, 2.05) is 12.3 Å². The summed E-state index contributed by atoms with van der Waals surface area (Å²) in [6.07, 6.45) is 4.69. The highest BCUT2D eigenvalue weighted by molar-refractivity contribution is 5.43. The average Bonchev–Trinajstić information content (AvgIpc) is 2.88. The van der Waals surface area contributed by atoms with Gasteiger partial charge in [0.25, 0.3) is 0 Å². The van der Waals surface area contributed by atoms with E-state index >= 15 is 0 Å². The van der Waals surface area contributed by atoms with Gasteiger partial charge in [-0.05, 0) is 43.9 Å². The van der Waals surface area contributed by atoms with Crippen molar-refractivity contribution >= 4 is 5.82 Å². The Morgan fingerprint density at radius 1 is 1.42 bits per heavy atom. The molecule has 2 fully saturated rings. The molecular formula is C15H22N2O2. The molecule has 4 nitrogen and oxygen atoms in total. The number of nitrogens with zero attached hydrogens (tertiary/aromatic N) is 2. The minimum atomic E-state index is -0.232. The summed E-state index contributed by atoms with van der Waals surface area (Å²) in [5, 5.41) is 10.2. The van der Waals surface area contributed by atoms with Crippen molar-refractivity contribution in [2.24, 2.45) is 5.92 Å². The molecule has 0 radical (unpaired) electrons. The molecule has 4 heteroatoms. The molecule has 0 aromatic carbocycles. The number of hydrogen-bond donors (Lipinski definition) is 1. The molecule has 2 aliphatic rings. The second-order valence-corrected chi connectivity index (χ2v) is 5.69. The third-order valence-corrected chi connectivity index (χ3v) is 4.35. The monoisotopic (exact) mass is 262 g/mol. The van der Waals surface area contributed by atoms with Crippen LogP contribution in [0.3, 0.4) is 0 Å². The van der Waals surface area contributed by atoms with E-state index in [2.05, 4.69) is 22.9 Å². The van der Waals surface area contributed by atoms with E-state index in [1.165, 1.54) is 12.0 Å². The van der Waals surface area contributed by atoms with Gasteiger partial charge in [0, 0.05) is 31.3 Å². The Kier molecular flexibility index (Phi) is 3.71. The molecule has 2 saturated heterocycles. The second-order valence-electron chi connectivity index (χ2n) is 5.69. The molecule has 0 saturated carbocycles. The molecule has 104 valence electrons. The van der Waals surface area contributed by atoms with E-state index in [-0.39, 0.29) is 12.0 Å². The average molecular weight is 262 g/mol. The Hall–Kier alpha value is -1.13. The first-order chi connectivity index (χ1) is 9.25. The van der Waals surface area contributed by atoms with Gasteiger partial charge in [0.1, 0.15) is 5.82 Å². The van der Waals surface area contributed by atoms with E-state index in [0.717, 1.165) is 25.2 Å². The maximum absolute atomic E-state index is 10.2. The lowest BCUT2D eigenvalue weighted by Crippen LogP contribution is -2.46. The lowest BCUT2D eigenvalue weighted by Gasteiger charge is -2.37. The van der Waals surface area contributed by atoms with Crippen LogP contribution in [-0.2, 0) is 4.74 Å². The van der Waals surface area contributed by atoms with Gasteiger partial charge in [-0.15, -0.1) is 0 Å². The van der Waals surface area contributed by atoms with Gasteiger partial charge >= 0.3 is 0 Å². The van der Waals surface area contributed by atoms with Crippen LogP contribution in [-0.4, -0.2) is 42.0 Å². The normalized spacial score (nSPS) is 31.7. The van der Waals surface area contributed by atoms with Crippen molar-refractivity contribution < 1.29 is 9.84 Å². The van der Waals surface area contributed by atoms with Crippen LogP contribution in [0.15, 0.2) is 18.3 Å². The lowest BCUT2D eigenvalue weighted by molar-refractivity contribution is -0.0438. The summed E-state index contributed by atoms with van der Waals surface area (Å²) in [6.45, 7) is 4.49. The molecule has 3 heterocycles. The summed E-state index contributed by atoms with van der Waals surface area (Å²) in [4.78, 5) is 6.85. The van der Waals surface area contributed by atoms with E-state index in [1.54, 1.807) is 0 Å². The molecule has 1 N–H and O–H groups in total. The van der Waals surface area contributed by atoms with Gasteiger partial charge in [-0.25, -0.2) is 4.98 Å². The number of pyridine rings is 1. The molecule has 19 heavy (non-hydrogen) atoms. The zero-order valence-corrected chi connectivity index (χ0v) is 11.5. The maximum atomic E-state index is 10.2. The summed E-state index contributed by atoms with van der Waals surface area (Å²) in [6, 6.07) is 4.52. The predicted molar refractivity (Wildman–Crippen MR) is 74.3 cm³/mol. The highest BCUT2D eigenvalue weighted by Gasteiger charge is 2.38. The van der Waals surface area contributed by atoms with Crippen LogP contribution in [0.1, 0.15) is 24.8 Å². The number of rotatable bonds is 2. The van der Waals surface area contributed by atoms with Crippen LogP contribution < -0.4 is 4.90 Å². The van der Waals surface area contributed by atoms with Crippen molar-refractivity contribution in [3.05, 3.63) is 23.9 Å². The first kappa shape index (κ1) is 12.9. The van der Waals surface area contributed by atoms with Crippen molar-refractivity contribution in [3.8, 4) is 0 Å². The smallest absolute Gasteiger partial charge is 0.128 e. The second kappa shape index (κ2) is 5.47. The summed E-state index contributed by atoms with van der Waals surface area (Å²) >= 11 is 0. The van der Waals surface area contributed by atoms with Crippen molar-refractivity contribution in [2.75, 3.05) is 24.7 Å². The molecule has 0 amide bonds. The number of ether oxygens (including phenoxy) is 1. The molecule has 2 aliphatic heterocycles. The zero-order valence-electron chi connectivity index (χ0n) is 11.5. The van der Waals surface area contributed by atoms with Gasteiger partial charge in [0.2, 0.25) is 0 Å². The van der Waals surface area contributed by atoms with Crippen molar-refractivity contribution in [1.29, 1.82) is 0 Å². The molecule has 0 spiro atoms. The quantitative estimate of drug-likeness (QED) is 0.882. The molecular weight excluding hydrogens is 240 g/mol. The van der Waals surface area contributed by atoms with Gasteiger partial charge in [0.05, 0.1) is 12.7 Å². The van der Waals surface area contributed by atoms with Gasteiger partial charge in [-0.3, -0.25) is 0 Å². The molecule has 3 rings (SSSR count). The first-order valence-corrected chi connectivity index (χ1v) is 7.21. The van der Waals surface area contributed by atoms with Gasteiger partial charge in [0.15, 0.2) is 0 Å². The molecule has 1 aromatic heterocycles. The van der Waals surface area contributed by atoms with E-state index in [4.69, 9.17) is 4.74 Å². The van der Waals surface area contributed by atoms with Gasteiger partial charge < -0.3 is 14.7 Å². The van der Waals surface area contributed by atoms with E-state index < -0.39 is 0 Å². The summed E-state index contributed by atoms with van der Waals surface area (Å²) < 4.78 is 5.57. The fraction of sp³-hybridized carbons (Fsp3) is 0.667. The van der Waals surface area contributed by atoms with Crippen LogP contribution in [0.4, 0.5) is 5.82 Å². The van der Waals surface area contributed by atoms with Crippen LogP contribution in [0.25, 0.3) is 0 Å². The zero-order chi connectivity index (χ0) is 13.2. The Morgan fingerprint density at radius 2 is 2.32 bits per heavy atom. The highest BCUT2D eigenvalue weighted by Crippen LogP contribution is 2.32. The molecule has 1 aromatic rings.